The van der Waals surface area contributed by atoms with Crippen molar-refractivity contribution in [2.45, 2.75) is 303 Å². The van der Waals surface area contributed by atoms with E-state index in [-0.39, 0.29) is 24.9 Å². The number of carbonyl (C=O) groups excluding carboxylic acids is 2. The number of quaternary nitrogens is 1. The Morgan fingerprint density at radius 1 is 0.456 bits per heavy atom. The maximum Gasteiger partial charge on any atom is 0.306 e. The SMILES string of the molecule is CC/C=C\C/C=C\C/C=C\C/C=C\C/C=C\CCCCCCCC(=O)OC(/C=C/CCCCCCCCCCC)C(COP(=O)([O-])OCC[N+](C)(C)C)NC(=O)CCCCCCCCCCCCC/C=C/CCCCCCCC. The maximum absolute atomic E-state index is 13.6. The summed E-state index contributed by atoms with van der Waals surface area (Å²) < 4.78 is 30.3. The van der Waals surface area contributed by atoms with E-state index in [1.165, 1.54) is 148 Å². The first kappa shape index (κ1) is 76.2. The summed E-state index contributed by atoms with van der Waals surface area (Å²) in [5, 5.41) is 3.03. The van der Waals surface area contributed by atoms with Gasteiger partial charge in [-0.1, -0.05) is 260 Å². The summed E-state index contributed by atoms with van der Waals surface area (Å²) in [6.07, 6.45) is 77.0. The Morgan fingerprint density at radius 2 is 0.810 bits per heavy atom. The van der Waals surface area contributed by atoms with Crippen molar-refractivity contribution in [1.29, 1.82) is 0 Å². The molecule has 0 bridgehead atoms. The minimum Gasteiger partial charge on any atom is -0.756 e. The number of esters is 1. The minimum atomic E-state index is -4.71. The summed E-state index contributed by atoms with van der Waals surface area (Å²) in [6.45, 7) is 6.72. The molecule has 0 aromatic heterocycles. The Hall–Kier alpha value is -2.81. The van der Waals surface area contributed by atoms with Crippen LogP contribution >= 0.6 is 7.82 Å². The van der Waals surface area contributed by atoms with Crippen molar-refractivity contribution < 1.29 is 37.3 Å². The van der Waals surface area contributed by atoms with Crippen LogP contribution in [0.2, 0.25) is 0 Å². The van der Waals surface area contributed by atoms with Crippen LogP contribution in [-0.4, -0.2) is 69.4 Å². The Bertz CT molecular complexity index is 1630. The summed E-state index contributed by atoms with van der Waals surface area (Å²) >= 11 is 0. The number of allylic oxidation sites excluding steroid dienone is 13. The van der Waals surface area contributed by atoms with Crippen molar-refractivity contribution in [2.24, 2.45) is 0 Å². The molecule has 458 valence electrons. The number of nitrogens with one attached hydrogen (secondary N) is 1. The maximum atomic E-state index is 13.6. The lowest BCUT2D eigenvalue weighted by Crippen LogP contribution is -2.47. The number of phosphoric ester groups is 1. The molecule has 0 saturated carbocycles. The summed E-state index contributed by atoms with van der Waals surface area (Å²) in [5.74, 6) is -0.562. The Morgan fingerprint density at radius 3 is 1.23 bits per heavy atom. The predicted molar refractivity (Wildman–Crippen MR) is 339 cm³/mol. The zero-order valence-corrected chi connectivity index (χ0v) is 53.2. The Kier molecular flexibility index (Phi) is 56.3. The predicted octanol–water partition coefficient (Wildman–Crippen LogP) is 19.9. The van der Waals surface area contributed by atoms with Gasteiger partial charge in [0.05, 0.1) is 33.8 Å². The van der Waals surface area contributed by atoms with Gasteiger partial charge in [-0.25, -0.2) is 0 Å². The molecule has 9 nitrogen and oxygen atoms in total. The lowest BCUT2D eigenvalue weighted by atomic mass is 10.0. The number of rotatable bonds is 59. The summed E-state index contributed by atoms with van der Waals surface area (Å²) in [7, 11) is 1.17. The van der Waals surface area contributed by atoms with E-state index in [0.29, 0.717) is 23.9 Å². The third-order valence-electron chi connectivity index (χ3n) is 14.3. The molecule has 0 aliphatic carbocycles. The fourth-order valence-corrected chi connectivity index (χ4v) is 9.97. The molecular formula is C69H125N2O7P. The first-order chi connectivity index (χ1) is 38.4. The molecule has 0 heterocycles. The van der Waals surface area contributed by atoms with Crippen LogP contribution in [0.4, 0.5) is 0 Å². The van der Waals surface area contributed by atoms with Crippen molar-refractivity contribution >= 4 is 19.7 Å². The van der Waals surface area contributed by atoms with E-state index in [4.69, 9.17) is 13.8 Å². The van der Waals surface area contributed by atoms with Gasteiger partial charge in [-0.15, -0.1) is 0 Å². The van der Waals surface area contributed by atoms with Crippen LogP contribution in [0.5, 0.6) is 0 Å². The number of likely N-dealkylation sites (N-methyl/N-ethyl adjacent to an activating group) is 1. The van der Waals surface area contributed by atoms with Gasteiger partial charge in [0, 0.05) is 12.8 Å². The molecule has 3 atom stereocenters. The molecular weight excluding hydrogens is 1000 g/mol. The molecule has 0 aromatic carbocycles. The smallest absolute Gasteiger partial charge is 0.306 e. The quantitative estimate of drug-likeness (QED) is 0.0212. The molecule has 0 saturated heterocycles. The highest BCUT2D eigenvalue weighted by atomic mass is 31.2. The standard InChI is InChI=1S/C69H125N2O7P/c1-7-10-13-16-19-22-25-27-29-31-33-35-37-39-41-43-46-49-52-55-58-61-68(72)70-66(65-77-79(74,75)76-64-63-71(4,5)6)67(60-57-54-51-48-45-24-21-18-15-12-9-3)78-69(73)62-59-56-53-50-47-44-42-40-38-36-34-32-30-28-26-23-20-17-14-11-8-2/h11,14,20,23,27-30,34,36,40,42,57,60,66-67H,7-10,12-13,15-19,21-22,24-26,31-33,35,37-39,41,43-56,58-59,61-65H2,1-6H3,(H-,70,72,74,75)/b14-11-,23-20-,29-27+,30-28-,36-34-,42-40-,60-57+. The van der Waals surface area contributed by atoms with Gasteiger partial charge in [-0.3, -0.25) is 14.2 Å². The van der Waals surface area contributed by atoms with E-state index in [2.05, 4.69) is 99.0 Å². The number of carbonyl (C=O) groups is 2. The van der Waals surface area contributed by atoms with Crippen molar-refractivity contribution in [3.63, 3.8) is 0 Å². The number of ether oxygens (including phenoxy) is 1. The molecule has 1 N–H and O–H groups in total. The zero-order chi connectivity index (χ0) is 57.9. The zero-order valence-electron chi connectivity index (χ0n) is 52.3. The molecule has 0 radical (unpaired) electrons. The summed E-state index contributed by atoms with van der Waals surface area (Å²) in [5.41, 5.74) is 0. The van der Waals surface area contributed by atoms with Crippen molar-refractivity contribution in [3.8, 4) is 0 Å². The van der Waals surface area contributed by atoms with Gasteiger partial charge in [-0.2, -0.15) is 0 Å². The highest BCUT2D eigenvalue weighted by molar-refractivity contribution is 7.45. The van der Waals surface area contributed by atoms with Crippen LogP contribution in [-0.2, 0) is 27.9 Å². The third kappa shape index (κ3) is 59.6. The van der Waals surface area contributed by atoms with Crippen molar-refractivity contribution in [3.05, 3.63) is 85.1 Å². The molecule has 0 rings (SSSR count). The highest BCUT2D eigenvalue weighted by Crippen LogP contribution is 2.38. The fraction of sp³-hybridized carbons (Fsp3) is 0.768. The van der Waals surface area contributed by atoms with Crippen molar-refractivity contribution in [2.75, 3.05) is 40.9 Å². The topological polar surface area (TPSA) is 114 Å². The van der Waals surface area contributed by atoms with E-state index < -0.39 is 26.6 Å². The Balaban J connectivity index is 5.18. The van der Waals surface area contributed by atoms with Crippen molar-refractivity contribution in [1.82, 2.24) is 5.32 Å². The van der Waals surface area contributed by atoms with Gasteiger partial charge in [-0.05, 0) is 102 Å². The van der Waals surface area contributed by atoms with Gasteiger partial charge in [0.25, 0.3) is 7.82 Å². The number of phosphoric acid groups is 1. The lowest BCUT2D eigenvalue weighted by Gasteiger charge is -2.30. The van der Waals surface area contributed by atoms with E-state index in [0.717, 1.165) is 103 Å². The van der Waals surface area contributed by atoms with Gasteiger partial charge in [0.2, 0.25) is 5.91 Å². The van der Waals surface area contributed by atoms with Crippen LogP contribution in [0, 0.1) is 0 Å². The molecule has 0 aromatic rings. The second-order valence-electron chi connectivity index (χ2n) is 23.2. The average molecular weight is 1130 g/mol. The van der Waals surface area contributed by atoms with Crippen LogP contribution in [0.1, 0.15) is 290 Å². The minimum absolute atomic E-state index is 0.0285. The van der Waals surface area contributed by atoms with Crippen LogP contribution in [0.3, 0.4) is 0 Å². The van der Waals surface area contributed by atoms with Gasteiger partial charge >= 0.3 is 5.97 Å². The third-order valence-corrected chi connectivity index (χ3v) is 15.3. The van der Waals surface area contributed by atoms with E-state index >= 15 is 0 Å². The summed E-state index contributed by atoms with van der Waals surface area (Å²) in [6, 6.07) is -0.901. The fourth-order valence-electron chi connectivity index (χ4n) is 9.25. The van der Waals surface area contributed by atoms with Gasteiger partial charge in [0.1, 0.15) is 19.3 Å². The number of amides is 1. The first-order valence-corrected chi connectivity index (χ1v) is 34.4. The molecule has 0 fully saturated rings. The second kappa shape index (κ2) is 58.4. The van der Waals surface area contributed by atoms with Gasteiger partial charge < -0.3 is 28.5 Å². The van der Waals surface area contributed by atoms with E-state index in [1.54, 1.807) is 0 Å². The highest BCUT2D eigenvalue weighted by Gasteiger charge is 2.27. The van der Waals surface area contributed by atoms with E-state index in [9.17, 15) is 19.0 Å². The molecule has 79 heavy (non-hydrogen) atoms. The molecule has 0 aliphatic rings. The van der Waals surface area contributed by atoms with Gasteiger partial charge in [0.15, 0.2) is 0 Å². The molecule has 0 spiro atoms. The monoisotopic (exact) mass is 1120 g/mol. The number of nitrogens with zero attached hydrogens (tertiary/aromatic N) is 1. The van der Waals surface area contributed by atoms with Crippen LogP contribution < -0.4 is 10.2 Å². The summed E-state index contributed by atoms with van der Waals surface area (Å²) in [4.78, 5) is 40.1. The number of hydrogen-bond acceptors (Lipinski definition) is 7. The second-order valence-corrected chi connectivity index (χ2v) is 24.6. The average Bonchev–Trinajstić information content (AvgIpc) is 3.41. The molecule has 10 heteroatoms. The largest absolute Gasteiger partial charge is 0.756 e. The van der Waals surface area contributed by atoms with Crippen LogP contribution in [0.15, 0.2) is 85.1 Å². The van der Waals surface area contributed by atoms with E-state index in [1.807, 2.05) is 33.3 Å². The first-order valence-electron chi connectivity index (χ1n) is 32.9. The molecule has 0 aliphatic heterocycles. The number of unbranched alkanes of at least 4 members (excludes halogenated alkanes) is 31. The normalized spacial score (nSPS) is 14.2. The lowest BCUT2D eigenvalue weighted by molar-refractivity contribution is -0.870. The van der Waals surface area contributed by atoms with Crippen LogP contribution in [0.25, 0.3) is 0 Å². The Labute approximate surface area is 488 Å². The molecule has 3 unspecified atom stereocenters. The molecule has 1 amide bonds. The number of hydrogen-bond donors (Lipinski definition) is 1.